The summed E-state index contributed by atoms with van der Waals surface area (Å²) in [5.41, 5.74) is 0. The van der Waals surface area contributed by atoms with Gasteiger partial charge in [0.2, 0.25) is 0 Å². The second-order valence-corrected chi connectivity index (χ2v) is 19.9. The monoisotopic (exact) mass is 278 g/mol. The summed E-state index contributed by atoms with van der Waals surface area (Å²) in [5.74, 6) is 2.14. The summed E-state index contributed by atoms with van der Waals surface area (Å²) >= 11 is 2.21. The molecular weight excluding hydrogens is 248 g/mol. The third kappa shape index (κ3) is 9.93. The van der Waals surface area contributed by atoms with Crippen molar-refractivity contribution < 1.29 is 4.43 Å². The number of hydrogen-bond donors (Lipinski definition) is 0. The predicted molar refractivity (Wildman–Crippen MR) is 83.5 cm³/mol. The van der Waals surface area contributed by atoms with Crippen molar-refractivity contribution in [3.63, 3.8) is 0 Å². The molecule has 0 rings (SSSR count). The first-order valence-electron chi connectivity index (χ1n) is 6.44. The molecule has 1 atom stereocenters. The summed E-state index contributed by atoms with van der Waals surface area (Å²) in [4.78, 5) is 0. The van der Waals surface area contributed by atoms with E-state index in [1.807, 2.05) is 0 Å². The zero-order valence-electron chi connectivity index (χ0n) is 12.2. The molecule has 0 N–H and O–H groups in total. The van der Waals surface area contributed by atoms with Crippen molar-refractivity contribution in [2.24, 2.45) is 5.92 Å². The molecule has 0 radical (unpaired) electrons. The molecule has 0 amide bonds. The van der Waals surface area contributed by atoms with Gasteiger partial charge in [-0.05, 0) is 37.2 Å². The van der Waals surface area contributed by atoms with Gasteiger partial charge in [0, 0.05) is 6.61 Å². The molecule has 0 aliphatic heterocycles. The zero-order valence-corrected chi connectivity index (χ0v) is 15.0. The highest BCUT2D eigenvalue weighted by Gasteiger charge is 2.26. The van der Waals surface area contributed by atoms with E-state index in [-0.39, 0.29) is 0 Å². The highest BCUT2D eigenvalue weighted by molar-refractivity contribution is 8.28. The Morgan fingerprint density at radius 1 is 1.12 bits per heavy atom. The molecule has 0 aromatic heterocycles. The molecule has 0 heterocycles. The van der Waals surface area contributed by atoms with E-state index in [4.69, 9.17) is 4.43 Å². The van der Waals surface area contributed by atoms with E-state index in [2.05, 4.69) is 57.8 Å². The van der Waals surface area contributed by atoms with Gasteiger partial charge in [0.1, 0.15) is 7.22 Å². The van der Waals surface area contributed by atoms with Gasteiger partial charge in [0.15, 0.2) is 8.32 Å². The van der Waals surface area contributed by atoms with E-state index in [1.165, 1.54) is 11.8 Å². The van der Waals surface area contributed by atoms with Gasteiger partial charge in [0.25, 0.3) is 0 Å². The maximum absolute atomic E-state index is 6.02. The van der Waals surface area contributed by atoms with Gasteiger partial charge in [-0.15, -0.1) is 0 Å². The summed E-state index contributed by atoms with van der Waals surface area (Å²) in [7, 11) is -2.31. The fraction of sp³-hybridized carbons (Fsp3) is 1.00. The summed E-state index contributed by atoms with van der Waals surface area (Å²) in [6, 6.07) is 1.31. The maximum atomic E-state index is 6.02. The van der Waals surface area contributed by atoms with Crippen LogP contribution in [0.4, 0.5) is 0 Å². The molecule has 98 valence electrons. The van der Waals surface area contributed by atoms with Crippen molar-refractivity contribution in [2.45, 2.75) is 59.0 Å². The molecule has 0 saturated heterocycles. The Morgan fingerprint density at radius 2 is 1.69 bits per heavy atom. The summed E-state index contributed by atoms with van der Waals surface area (Å²) < 4.78 is 6.02. The van der Waals surface area contributed by atoms with Gasteiger partial charge in [-0.3, -0.25) is 0 Å². The number of rotatable bonds is 8. The molecule has 4 heteroatoms. The minimum Gasteiger partial charge on any atom is -0.417 e. The van der Waals surface area contributed by atoms with Gasteiger partial charge in [-0.25, -0.2) is 0 Å². The highest BCUT2D eigenvalue weighted by Crippen LogP contribution is 2.26. The molecule has 0 aromatic rings. The average Bonchev–Trinajstić information content (AvgIpc) is 2.10. The molecule has 0 fully saturated rings. The van der Waals surface area contributed by atoms with Crippen molar-refractivity contribution in [2.75, 3.05) is 12.4 Å². The van der Waals surface area contributed by atoms with Crippen LogP contribution in [0.15, 0.2) is 0 Å². The van der Waals surface area contributed by atoms with Crippen molar-refractivity contribution >= 4 is 26.8 Å². The second kappa shape index (κ2) is 7.24. The number of hydrogen-bond acceptors (Lipinski definition) is 2. The Labute approximate surface area is 109 Å². The van der Waals surface area contributed by atoms with E-state index in [9.17, 15) is 0 Å². The topological polar surface area (TPSA) is 9.23 Å². The first-order chi connectivity index (χ1) is 7.16. The van der Waals surface area contributed by atoms with E-state index >= 15 is 0 Å². The van der Waals surface area contributed by atoms with Crippen LogP contribution in [0, 0.1) is 5.92 Å². The first kappa shape index (κ1) is 16.7. The first-order valence-corrected chi connectivity index (χ1v) is 14.8. The Kier molecular flexibility index (Phi) is 7.58. The van der Waals surface area contributed by atoms with Crippen LogP contribution in [0.3, 0.4) is 0 Å². The molecular formula is C12H30OSSi2. The van der Waals surface area contributed by atoms with E-state index in [0.29, 0.717) is 0 Å². The van der Waals surface area contributed by atoms with Crippen LogP contribution in [0.5, 0.6) is 0 Å². The predicted octanol–water partition coefficient (Wildman–Crippen LogP) is 4.82. The molecule has 0 spiro atoms. The largest absolute Gasteiger partial charge is 0.417 e. The third-order valence-electron chi connectivity index (χ3n) is 2.34. The normalized spacial score (nSPS) is 15.2. The lowest BCUT2D eigenvalue weighted by Gasteiger charge is -2.27. The lowest BCUT2D eigenvalue weighted by atomic mass is 10.3. The minimum absolute atomic E-state index is 0.815. The van der Waals surface area contributed by atoms with Gasteiger partial charge in [-0.1, -0.05) is 33.5 Å². The minimum atomic E-state index is -1.38. The molecule has 0 bridgehead atoms. The lowest BCUT2D eigenvalue weighted by Crippen LogP contribution is -2.33. The van der Waals surface area contributed by atoms with Crippen molar-refractivity contribution in [1.29, 1.82) is 0 Å². The zero-order chi connectivity index (χ0) is 12.8. The van der Waals surface area contributed by atoms with Crippen LogP contribution < -0.4 is 0 Å². The Bertz CT molecular complexity index is 190. The summed E-state index contributed by atoms with van der Waals surface area (Å²) in [6.07, 6.45) is 1.15. The smallest absolute Gasteiger partial charge is 0.187 e. The van der Waals surface area contributed by atoms with Crippen LogP contribution in [-0.4, -0.2) is 27.9 Å². The molecule has 16 heavy (non-hydrogen) atoms. The molecule has 0 aliphatic rings. The van der Waals surface area contributed by atoms with Gasteiger partial charge in [0.05, 0.1) is 0 Å². The average molecular weight is 279 g/mol. The molecule has 0 aromatic carbocycles. The Morgan fingerprint density at radius 3 is 2.12 bits per heavy atom. The second-order valence-electron chi connectivity index (χ2n) is 6.34. The summed E-state index contributed by atoms with van der Waals surface area (Å²) in [5, 5.41) is 0. The third-order valence-corrected chi connectivity index (χ3v) is 9.70. The van der Waals surface area contributed by atoms with Gasteiger partial charge < -0.3 is 4.43 Å². The van der Waals surface area contributed by atoms with Crippen LogP contribution in [-0.2, 0) is 4.43 Å². The van der Waals surface area contributed by atoms with Gasteiger partial charge >= 0.3 is 0 Å². The van der Waals surface area contributed by atoms with E-state index in [0.717, 1.165) is 18.9 Å². The molecule has 0 saturated carbocycles. The Balaban J connectivity index is 3.89. The van der Waals surface area contributed by atoms with Crippen LogP contribution in [0.2, 0.25) is 38.8 Å². The van der Waals surface area contributed by atoms with Crippen molar-refractivity contribution in [3.05, 3.63) is 0 Å². The highest BCUT2D eigenvalue weighted by atomic mass is 32.4. The SMILES string of the molecule is CCCO[Si](C)(C)CC(C)CS[Si](C)(C)C. The van der Waals surface area contributed by atoms with Crippen LogP contribution in [0.1, 0.15) is 20.3 Å². The molecule has 0 aliphatic carbocycles. The molecule has 1 unspecified atom stereocenters. The van der Waals surface area contributed by atoms with Crippen molar-refractivity contribution in [3.8, 4) is 0 Å². The fourth-order valence-corrected chi connectivity index (χ4v) is 7.89. The Hall–Kier alpha value is 0.744. The fourth-order valence-electron chi connectivity index (χ4n) is 1.73. The lowest BCUT2D eigenvalue weighted by molar-refractivity contribution is 0.303. The van der Waals surface area contributed by atoms with E-state index in [1.54, 1.807) is 0 Å². The van der Waals surface area contributed by atoms with Crippen molar-refractivity contribution in [1.82, 2.24) is 0 Å². The maximum Gasteiger partial charge on any atom is 0.187 e. The quantitative estimate of drug-likeness (QED) is 0.589. The van der Waals surface area contributed by atoms with Crippen LogP contribution >= 0.6 is 11.2 Å². The van der Waals surface area contributed by atoms with E-state index < -0.39 is 15.5 Å². The standard InChI is InChI=1S/C12H30OSSi2/c1-8-9-13-16(6,7)11-12(2)10-14-15(3,4)5/h12H,8-11H2,1-7H3. The molecule has 1 nitrogen and oxygen atoms in total. The summed E-state index contributed by atoms with van der Waals surface area (Å²) in [6.45, 7) is 17.5. The van der Waals surface area contributed by atoms with Gasteiger partial charge in [-0.2, -0.15) is 11.2 Å². The van der Waals surface area contributed by atoms with Crippen LogP contribution in [0.25, 0.3) is 0 Å².